The van der Waals surface area contributed by atoms with Crippen LogP contribution in [0, 0.1) is 0 Å². The van der Waals surface area contributed by atoms with Gasteiger partial charge in [-0.2, -0.15) is 13.2 Å². The lowest BCUT2D eigenvalue weighted by atomic mass is 10.3. The van der Waals surface area contributed by atoms with Crippen LogP contribution < -0.4 is 10.1 Å². The van der Waals surface area contributed by atoms with E-state index in [1.165, 1.54) is 12.1 Å². The van der Waals surface area contributed by atoms with Crippen molar-refractivity contribution in [2.75, 3.05) is 17.6 Å². The molecule has 0 atom stereocenters. The van der Waals surface area contributed by atoms with Gasteiger partial charge in [-0.3, -0.25) is 0 Å². The lowest BCUT2D eigenvalue weighted by molar-refractivity contribution is -0.274. The van der Waals surface area contributed by atoms with E-state index in [1.807, 2.05) is 0 Å². The summed E-state index contributed by atoms with van der Waals surface area (Å²) in [4.78, 5) is 0. The summed E-state index contributed by atoms with van der Waals surface area (Å²) in [5.41, 5.74) is -3.92. The smallest absolute Gasteiger partial charge is 0.405 e. The zero-order chi connectivity index (χ0) is 15.4. The Hall–Kier alpha value is -0.770. The van der Waals surface area contributed by atoms with E-state index in [-0.39, 0.29) is 28.5 Å². The summed E-state index contributed by atoms with van der Waals surface area (Å²) >= 11 is 2.71. The number of nitrogens with one attached hydrogen (secondary N) is 1. The van der Waals surface area contributed by atoms with Gasteiger partial charge in [0.05, 0.1) is 4.47 Å². The van der Waals surface area contributed by atoms with Gasteiger partial charge in [-0.15, -0.1) is 13.2 Å². The number of benzene rings is 1. The summed E-state index contributed by atoms with van der Waals surface area (Å²) in [6.07, 6.45) is -4.80. The first-order chi connectivity index (χ1) is 9.07. The Bertz CT molecular complexity index is 450. The second-order valence-electron chi connectivity index (χ2n) is 3.41. The van der Waals surface area contributed by atoms with Gasteiger partial charge in [-0.25, -0.2) is 0 Å². The topological polar surface area (TPSA) is 21.3 Å². The van der Waals surface area contributed by atoms with Crippen LogP contribution in [-0.4, -0.2) is 24.2 Å². The first-order valence-corrected chi connectivity index (χ1v) is 6.84. The molecule has 1 aromatic carbocycles. The molecule has 0 aliphatic heterocycles. The molecule has 0 radical (unpaired) electrons. The van der Waals surface area contributed by atoms with Crippen LogP contribution in [-0.2, 0) is 0 Å². The first kappa shape index (κ1) is 17.3. The van der Waals surface area contributed by atoms with E-state index < -0.39 is 17.6 Å². The van der Waals surface area contributed by atoms with Gasteiger partial charge in [0.25, 0.3) is 0 Å². The molecular formula is C10H8BrF6NOS. The Morgan fingerprint density at radius 3 is 2.30 bits per heavy atom. The highest BCUT2D eigenvalue weighted by atomic mass is 79.9. The lowest BCUT2D eigenvalue weighted by Crippen LogP contribution is -2.17. The van der Waals surface area contributed by atoms with Crippen molar-refractivity contribution in [2.24, 2.45) is 0 Å². The molecule has 0 heterocycles. The molecule has 0 unspecified atom stereocenters. The van der Waals surface area contributed by atoms with Crippen molar-refractivity contribution in [1.29, 1.82) is 0 Å². The molecular weight excluding hydrogens is 376 g/mol. The molecule has 0 saturated carbocycles. The zero-order valence-electron chi connectivity index (χ0n) is 9.61. The van der Waals surface area contributed by atoms with Crippen LogP contribution in [0.25, 0.3) is 0 Å². The van der Waals surface area contributed by atoms with Crippen LogP contribution in [0.15, 0.2) is 22.7 Å². The second-order valence-corrected chi connectivity index (χ2v) is 5.43. The lowest BCUT2D eigenvalue weighted by Gasteiger charge is -2.12. The Kier molecular flexibility index (Phi) is 5.87. The minimum Gasteiger partial charge on any atom is -0.405 e. The highest BCUT2D eigenvalue weighted by Gasteiger charge is 2.32. The monoisotopic (exact) mass is 383 g/mol. The molecule has 2 nitrogen and oxygen atoms in total. The molecule has 0 saturated heterocycles. The molecule has 1 rings (SSSR count). The summed E-state index contributed by atoms with van der Waals surface area (Å²) in [6.45, 7) is 0.0239. The van der Waals surface area contributed by atoms with Crippen molar-refractivity contribution in [3.63, 3.8) is 0 Å². The van der Waals surface area contributed by atoms with Crippen molar-refractivity contribution in [3.05, 3.63) is 22.7 Å². The van der Waals surface area contributed by atoms with E-state index in [2.05, 4.69) is 26.0 Å². The summed E-state index contributed by atoms with van der Waals surface area (Å²) in [5.74, 6) is -0.630. The number of halogens is 7. The van der Waals surface area contributed by atoms with E-state index in [0.717, 1.165) is 6.07 Å². The molecule has 10 heteroatoms. The predicted molar refractivity (Wildman–Crippen MR) is 67.8 cm³/mol. The first-order valence-electron chi connectivity index (χ1n) is 5.07. The number of ether oxygens (including phenoxy) is 1. The highest BCUT2D eigenvalue weighted by molar-refractivity contribution is 9.10. The number of hydrogen-bond donors (Lipinski definition) is 1. The average molecular weight is 384 g/mol. The fraction of sp³-hybridized carbons (Fsp3) is 0.400. The number of anilines is 1. The maximum Gasteiger partial charge on any atom is 0.573 e. The molecule has 0 aliphatic carbocycles. The number of alkyl halides is 6. The molecule has 0 spiro atoms. The van der Waals surface area contributed by atoms with Crippen molar-refractivity contribution in [3.8, 4) is 5.75 Å². The third kappa shape index (κ3) is 7.13. The SMILES string of the molecule is FC(F)(F)Oc1ccc(NCCSC(F)(F)F)cc1Br. The Balaban J connectivity index is 2.51. The van der Waals surface area contributed by atoms with Crippen molar-refractivity contribution >= 4 is 33.4 Å². The summed E-state index contributed by atoms with van der Waals surface area (Å²) < 4.78 is 75.4. The molecule has 114 valence electrons. The van der Waals surface area contributed by atoms with Crippen LogP contribution in [0.4, 0.5) is 32.0 Å². The molecule has 0 aliphatic rings. The normalized spacial score (nSPS) is 12.3. The van der Waals surface area contributed by atoms with E-state index in [1.54, 1.807) is 0 Å². The van der Waals surface area contributed by atoms with Crippen molar-refractivity contribution < 1.29 is 31.1 Å². The molecule has 0 aromatic heterocycles. The van der Waals surface area contributed by atoms with E-state index >= 15 is 0 Å². The maximum absolute atomic E-state index is 12.0. The Morgan fingerprint density at radius 1 is 1.15 bits per heavy atom. The standard InChI is InChI=1S/C10H8BrF6NOS/c11-7-5-6(18-3-4-20-10(15,16)17)1-2-8(7)19-9(12,13)14/h1-2,5,18H,3-4H2. The van der Waals surface area contributed by atoms with Gasteiger partial charge in [0.2, 0.25) is 0 Å². The van der Waals surface area contributed by atoms with E-state index in [0.29, 0.717) is 5.69 Å². The molecule has 0 fully saturated rings. The summed E-state index contributed by atoms with van der Waals surface area (Å²) in [5, 5.41) is 2.66. The zero-order valence-corrected chi connectivity index (χ0v) is 12.0. The van der Waals surface area contributed by atoms with Gasteiger partial charge in [0, 0.05) is 18.0 Å². The largest absolute Gasteiger partial charge is 0.573 e. The molecule has 0 bridgehead atoms. The van der Waals surface area contributed by atoms with Gasteiger partial charge in [-0.1, -0.05) is 0 Å². The third-order valence-electron chi connectivity index (χ3n) is 1.85. The van der Waals surface area contributed by atoms with Crippen molar-refractivity contribution in [2.45, 2.75) is 11.9 Å². The minimum atomic E-state index is -4.80. The molecule has 20 heavy (non-hydrogen) atoms. The number of thioether (sulfide) groups is 1. The Morgan fingerprint density at radius 2 is 1.80 bits per heavy atom. The molecule has 1 N–H and O–H groups in total. The Labute approximate surface area is 123 Å². The van der Waals surface area contributed by atoms with Gasteiger partial charge in [0.1, 0.15) is 5.75 Å². The number of hydrogen-bond acceptors (Lipinski definition) is 3. The van der Waals surface area contributed by atoms with Crippen LogP contribution >= 0.6 is 27.7 Å². The minimum absolute atomic E-state index is 0.0239. The average Bonchev–Trinajstić information content (AvgIpc) is 2.25. The van der Waals surface area contributed by atoms with E-state index in [4.69, 9.17) is 0 Å². The maximum atomic E-state index is 12.0. The van der Waals surface area contributed by atoms with Crippen LogP contribution in [0.3, 0.4) is 0 Å². The molecule has 1 aromatic rings. The number of rotatable bonds is 5. The van der Waals surface area contributed by atoms with Gasteiger partial charge >= 0.3 is 11.9 Å². The van der Waals surface area contributed by atoms with Crippen LogP contribution in [0.5, 0.6) is 5.75 Å². The van der Waals surface area contributed by atoms with Gasteiger partial charge in [-0.05, 0) is 45.9 Å². The fourth-order valence-electron chi connectivity index (χ4n) is 1.18. The summed E-state index contributed by atoms with van der Waals surface area (Å²) in [6, 6.07) is 3.64. The predicted octanol–water partition coefficient (Wildman–Crippen LogP) is 5.01. The third-order valence-corrected chi connectivity index (χ3v) is 3.21. The second kappa shape index (κ2) is 6.79. The molecule has 0 amide bonds. The van der Waals surface area contributed by atoms with Gasteiger partial charge < -0.3 is 10.1 Å². The highest BCUT2D eigenvalue weighted by Crippen LogP contribution is 2.33. The van der Waals surface area contributed by atoms with Gasteiger partial charge in [0.15, 0.2) is 0 Å². The van der Waals surface area contributed by atoms with Crippen LogP contribution in [0.2, 0.25) is 0 Å². The van der Waals surface area contributed by atoms with Crippen molar-refractivity contribution in [1.82, 2.24) is 0 Å². The quantitative estimate of drug-likeness (QED) is 0.570. The fourth-order valence-corrected chi connectivity index (χ4v) is 2.08. The summed E-state index contributed by atoms with van der Waals surface area (Å²) in [7, 11) is 0. The van der Waals surface area contributed by atoms with Crippen LogP contribution in [0.1, 0.15) is 0 Å². The van der Waals surface area contributed by atoms with E-state index in [9.17, 15) is 26.3 Å².